The van der Waals surface area contributed by atoms with E-state index >= 15 is 0 Å². The first-order valence-corrected chi connectivity index (χ1v) is 6.88. The molecule has 1 aromatic carbocycles. The van der Waals surface area contributed by atoms with Gasteiger partial charge in [-0.2, -0.15) is 5.10 Å². The van der Waals surface area contributed by atoms with Crippen molar-refractivity contribution in [3.8, 4) is 17.1 Å². The van der Waals surface area contributed by atoms with Crippen molar-refractivity contribution in [2.24, 2.45) is 5.92 Å². The maximum atomic E-state index is 10.3. The second-order valence-corrected chi connectivity index (χ2v) is 5.45. The lowest BCUT2D eigenvalue weighted by Crippen LogP contribution is -2.05. The Morgan fingerprint density at radius 3 is 2.63 bits per heavy atom. The number of hydrogen-bond acceptors (Lipinski definition) is 2. The van der Waals surface area contributed by atoms with Crippen LogP contribution < -0.4 is 0 Å². The van der Waals surface area contributed by atoms with Crippen molar-refractivity contribution in [1.82, 2.24) is 9.78 Å². The van der Waals surface area contributed by atoms with Crippen LogP contribution in [0.3, 0.4) is 0 Å². The summed E-state index contributed by atoms with van der Waals surface area (Å²) in [6, 6.07) is 8.26. The van der Waals surface area contributed by atoms with Gasteiger partial charge in [0, 0.05) is 17.7 Å². The fraction of sp³-hybridized carbons (Fsp3) is 0.438. The largest absolute Gasteiger partial charge is 0.493 e. The van der Waals surface area contributed by atoms with Crippen LogP contribution in [0.5, 0.6) is 5.88 Å². The minimum Gasteiger partial charge on any atom is -0.493 e. The number of nitrogens with zero attached hydrogens (tertiary/aromatic N) is 2. The normalized spacial score (nSPS) is 11.2. The van der Waals surface area contributed by atoms with Crippen molar-refractivity contribution < 1.29 is 5.11 Å². The van der Waals surface area contributed by atoms with Crippen LogP contribution >= 0.6 is 0 Å². The zero-order valence-electron chi connectivity index (χ0n) is 12.1. The van der Waals surface area contributed by atoms with Crippen LogP contribution in [0.1, 0.15) is 31.9 Å². The standard InChI is InChI=1S/C16H22N2O/c1-5-14-15(13-8-6-7-12(4)9-13)17-18(16(14)19)10-11(2)3/h6-9,11,19H,5,10H2,1-4H3. The topological polar surface area (TPSA) is 38.0 Å². The van der Waals surface area contributed by atoms with Crippen LogP contribution in [0.4, 0.5) is 0 Å². The van der Waals surface area contributed by atoms with Gasteiger partial charge in [0.1, 0.15) is 0 Å². The lowest BCUT2D eigenvalue weighted by atomic mass is 10.0. The third-order valence-corrected chi connectivity index (χ3v) is 3.20. The smallest absolute Gasteiger partial charge is 0.213 e. The molecule has 0 bridgehead atoms. The molecule has 102 valence electrons. The van der Waals surface area contributed by atoms with Crippen LogP contribution in [0.15, 0.2) is 24.3 Å². The number of benzene rings is 1. The van der Waals surface area contributed by atoms with Crippen LogP contribution in [0.2, 0.25) is 0 Å². The molecule has 0 saturated heterocycles. The first kappa shape index (κ1) is 13.7. The van der Waals surface area contributed by atoms with Gasteiger partial charge in [-0.1, -0.05) is 44.5 Å². The highest BCUT2D eigenvalue weighted by Gasteiger charge is 2.17. The Morgan fingerprint density at radius 1 is 1.32 bits per heavy atom. The molecule has 1 N–H and O–H groups in total. The van der Waals surface area contributed by atoms with E-state index in [-0.39, 0.29) is 0 Å². The molecule has 1 aromatic heterocycles. The Hall–Kier alpha value is -1.77. The Morgan fingerprint density at radius 2 is 2.05 bits per heavy atom. The second kappa shape index (κ2) is 5.47. The average Bonchev–Trinajstić information content (AvgIpc) is 2.65. The van der Waals surface area contributed by atoms with Gasteiger partial charge in [-0.25, -0.2) is 4.68 Å². The summed E-state index contributed by atoms with van der Waals surface area (Å²) in [6.45, 7) is 9.11. The summed E-state index contributed by atoms with van der Waals surface area (Å²) in [5.74, 6) is 0.772. The Balaban J connectivity index is 2.51. The molecular formula is C16H22N2O. The summed E-state index contributed by atoms with van der Waals surface area (Å²) in [4.78, 5) is 0. The van der Waals surface area contributed by atoms with E-state index in [1.54, 1.807) is 4.68 Å². The SMILES string of the molecule is CCc1c(-c2cccc(C)c2)nn(CC(C)C)c1O. The molecule has 0 atom stereocenters. The van der Waals surface area contributed by atoms with E-state index in [1.807, 2.05) is 12.1 Å². The number of aromatic nitrogens is 2. The fourth-order valence-electron chi connectivity index (χ4n) is 2.31. The van der Waals surface area contributed by atoms with Crippen LogP contribution in [-0.4, -0.2) is 14.9 Å². The van der Waals surface area contributed by atoms with E-state index in [0.717, 1.165) is 29.8 Å². The van der Waals surface area contributed by atoms with E-state index in [2.05, 4.69) is 44.9 Å². The number of hydrogen-bond donors (Lipinski definition) is 1. The summed E-state index contributed by atoms with van der Waals surface area (Å²) in [5.41, 5.74) is 4.13. The summed E-state index contributed by atoms with van der Waals surface area (Å²) in [6.07, 6.45) is 0.785. The van der Waals surface area contributed by atoms with Crippen molar-refractivity contribution in [3.05, 3.63) is 35.4 Å². The number of rotatable bonds is 4. The Labute approximate surface area is 114 Å². The summed E-state index contributed by atoms with van der Waals surface area (Å²) >= 11 is 0. The number of aromatic hydroxyl groups is 1. The lowest BCUT2D eigenvalue weighted by molar-refractivity contribution is 0.369. The van der Waals surface area contributed by atoms with Crippen molar-refractivity contribution in [1.29, 1.82) is 0 Å². The summed E-state index contributed by atoms with van der Waals surface area (Å²) in [5, 5.41) is 14.9. The third-order valence-electron chi connectivity index (χ3n) is 3.20. The van der Waals surface area contributed by atoms with Gasteiger partial charge in [-0.05, 0) is 25.3 Å². The number of aryl methyl sites for hydroxylation is 1. The summed E-state index contributed by atoms with van der Waals surface area (Å²) in [7, 11) is 0. The summed E-state index contributed by atoms with van der Waals surface area (Å²) < 4.78 is 1.72. The quantitative estimate of drug-likeness (QED) is 0.906. The van der Waals surface area contributed by atoms with Gasteiger partial charge >= 0.3 is 0 Å². The van der Waals surface area contributed by atoms with Crippen LogP contribution in [-0.2, 0) is 13.0 Å². The minimum atomic E-state index is 0.313. The molecule has 0 fully saturated rings. The second-order valence-electron chi connectivity index (χ2n) is 5.45. The third kappa shape index (κ3) is 2.80. The van der Waals surface area contributed by atoms with Gasteiger partial charge in [0.25, 0.3) is 0 Å². The molecule has 2 rings (SSSR count). The highest BCUT2D eigenvalue weighted by Crippen LogP contribution is 2.31. The molecule has 0 radical (unpaired) electrons. The van der Waals surface area contributed by atoms with Crippen molar-refractivity contribution in [2.45, 2.75) is 40.7 Å². The first-order valence-electron chi connectivity index (χ1n) is 6.88. The predicted octanol–water partition coefficient (Wildman–Crippen LogP) is 3.78. The monoisotopic (exact) mass is 258 g/mol. The van der Waals surface area contributed by atoms with E-state index in [9.17, 15) is 5.11 Å². The molecule has 2 aromatic rings. The molecule has 0 aliphatic heterocycles. The van der Waals surface area contributed by atoms with Gasteiger partial charge in [-0.15, -0.1) is 0 Å². The maximum absolute atomic E-state index is 10.3. The molecule has 0 spiro atoms. The van der Waals surface area contributed by atoms with Gasteiger partial charge < -0.3 is 5.11 Å². The molecule has 3 heteroatoms. The first-order chi connectivity index (χ1) is 9.02. The van der Waals surface area contributed by atoms with Crippen molar-refractivity contribution >= 4 is 0 Å². The average molecular weight is 258 g/mol. The molecule has 0 aliphatic carbocycles. The van der Waals surface area contributed by atoms with E-state index in [1.165, 1.54) is 5.56 Å². The molecular weight excluding hydrogens is 236 g/mol. The van der Waals surface area contributed by atoms with E-state index < -0.39 is 0 Å². The zero-order valence-corrected chi connectivity index (χ0v) is 12.1. The predicted molar refractivity (Wildman–Crippen MR) is 78.3 cm³/mol. The molecule has 19 heavy (non-hydrogen) atoms. The van der Waals surface area contributed by atoms with Gasteiger partial charge in [-0.3, -0.25) is 0 Å². The van der Waals surface area contributed by atoms with Gasteiger partial charge in [0.05, 0.1) is 5.69 Å². The minimum absolute atomic E-state index is 0.313. The molecule has 0 unspecified atom stereocenters. The van der Waals surface area contributed by atoms with Crippen molar-refractivity contribution in [2.75, 3.05) is 0 Å². The fourth-order valence-corrected chi connectivity index (χ4v) is 2.31. The molecule has 0 amide bonds. The van der Waals surface area contributed by atoms with Gasteiger partial charge in [0.15, 0.2) is 0 Å². The lowest BCUT2D eigenvalue weighted by Gasteiger charge is -2.05. The molecule has 1 heterocycles. The van der Waals surface area contributed by atoms with Crippen LogP contribution in [0, 0.1) is 12.8 Å². The van der Waals surface area contributed by atoms with Crippen LogP contribution in [0.25, 0.3) is 11.3 Å². The van der Waals surface area contributed by atoms with Gasteiger partial charge in [0.2, 0.25) is 5.88 Å². The highest BCUT2D eigenvalue weighted by molar-refractivity contribution is 5.66. The zero-order chi connectivity index (χ0) is 14.0. The Kier molecular flexibility index (Phi) is 3.93. The molecule has 0 aliphatic rings. The maximum Gasteiger partial charge on any atom is 0.213 e. The van der Waals surface area contributed by atoms with E-state index in [0.29, 0.717) is 11.8 Å². The highest BCUT2D eigenvalue weighted by atomic mass is 16.3. The van der Waals surface area contributed by atoms with Crippen molar-refractivity contribution in [3.63, 3.8) is 0 Å². The van der Waals surface area contributed by atoms with E-state index in [4.69, 9.17) is 0 Å². The Bertz CT molecular complexity index is 570. The molecule has 0 saturated carbocycles. The molecule has 3 nitrogen and oxygen atoms in total.